The van der Waals surface area contributed by atoms with Crippen LogP contribution in [0.2, 0.25) is 5.02 Å². The highest BCUT2D eigenvalue weighted by atomic mass is 35.5. The average Bonchev–Trinajstić information content (AvgIpc) is 2.44. The van der Waals surface area contributed by atoms with Crippen LogP contribution in [0.1, 0.15) is 5.56 Å². The number of rotatable bonds is 5. The van der Waals surface area contributed by atoms with Gasteiger partial charge in [-0.25, -0.2) is 4.39 Å². The molecule has 1 aromatic carbocycles. The first kappa shape index (κ1) is 16.5. The summed E-state index contributed by atoms with van der Waals surface area (Å²) in [6.45, 7) is 2.44. The molecule has 0 aliphatic carbocycles. The van der Waals surface area contributed by atoms with E-state index in [0.717, 1.165) is 13.1 Å². The fourth-order valence-corrected chi connectivity index (χ4v) is 2.43. The Labute approximate surface area is 134 Å². The van der Waals surface area contributed by atoms with E-state index in [1.54, 1.807) is 0 Å². The van der Waals surface area contributed by atoms with Crippen LogP contribution in [-0.4, -0.2) is 31.6 Å². The highest BCUT2D eigenvalue weighted by Gasteiger charge is 2.23. The molecule has 0 saturated carbocycles. The SMILES string of the molecule is CN1CC(CO/C(N)=C(N)/C=C(\N)c2cc(Cl)ccc2F)C1. The maximum atomic E-state index is 13.7. The predicted molar refractivity (Wildman–Crippen MR) is 85.9 cm³/mol. The number of benzene rings is 1. The van der Waals surface area contributed by atoms with Crippen LogP contribution in [0.5, 0.6) is 0 Å². The van der Waals surface area contributed by atoms with Crippen molar-refractivity contribution >= 4 is 17.3 Å². The van der Waals surface area contributed by atoms with Gasteiger partial charge in [-0.15, -0.1) is 0 Å². The van der Waals surface area contributed by atoms with Crippen LogP contribution in [0.25, 0.3) is 5.70 Å². The third-order valence-electron chi connectivity index (χ3n) is 3.45. The Kier molecular flexibility index (Phi) is 5.15. The monoisotopic (exact) mass is 326 g/mol. The summed E-state index contributed by atoms with van der Waals surface area (Å²) in [5.41, 5.74) is 17.9. The van der Waals surface area contributed by atoms with Gasteiger partial charge in [0.15, 0.2) is 0 Å². The minimum absolute atomic E-state index is 0.0833. The standard InChI is InChI=1S/C15H20ClFN4O/c1-21-6-9(7-21)8-22-15(20)14(19)5-13(18)11-4-10(16)2-3-12(11)17/h2-5,9H,6-8,18-20H2,1H3/b13-5-,15-14-. The molecule has 0 amide bonds. The van der Waals surface area contributed by atoms with Crippen molar-refractivity contribution in [3.63, 3.8) is 0 Å². The van der Waals surface area contributed by atoms with E-state index < -0.39 is 5.82 Å². The van der Waals surface area contributed by atoms with Gasteiger partial charge < -0.3 is 26.8 Å². The number of nitrogens with zero attached hydrogens (tertiary/aromatic N) is 1. The number of likely N-dealkylation sites (tertiary alicyclic amines) is 1. The van der Waals surface area contributed by atoms with Gasteiger partial charge >= 0.3 is 0 Å². The van der Waals surface area contributed by atoms with Crippen LogP contribution >= 0.6 is 11.6 Å². The summed E-state index contributed by atoms with van der Waals surface area (Å²) in [6.07, 6.45) is 1.37. The van der Waals surface area contributed by atoms with E-state index in [1.165, 1.54) is 24.3 Å². The number of ether oxygens (including phenoxy) is 1. The smallest absolute Gasteiger partial charge is 0.208 e. The molecular weight excluding hydrogens is 307 g/mol. The van der Waals surface area contributed by atoms with Crippen LogP contribution in [0, 0.1) is 11.7 Å². The van der Waals surface area contributed by atoms with Gasteiger partial charge in [0.25, 0.3) is 0 Å². The van der Waals surface area contributed by atoms with Crippen LogP contribution < -0.4 is 17.2 Å². The number of nitrogens with two attached hydrogens (primary N) is 3. The predicted octanol–water partition coefficient (Wildman–Crippen LogP) is 1.44. The zero-order valence-corrected chi connectivity index (χ0v) is 13.1. The van der Waals surface area contributed by atoms with Crippen LogP contribution in [0.3, 0.4) is 0 Å². The van der Waals surface area contributed by atoms with E-state index in [9.17, 15) is 4.39 Å². The third kappa shape index (κ3) is 4.05. The minimum atomic E-state index is -0.483. The van der Waals surface area contributed by atoms with Gasteiger partial charge in [-0.1, -0.05) is 11.6 Å². The van der Waals surface area contributed by atoms with E-state index in [-0.39, 0.29) is 22.8 Å². The van der Waals surface area contributed by atoms with E-state index in [4.69, 9.17) is 33.5 Å². The molecule has 0 radical (unpaired) electrons. The fourth-order valence-electron chi connectivity index (χ4n) is 2.26. The number of halogens is 2. The second-order valence-electron chi connectivity index (χ2n) is 5.44. The molecule has 1 saturated heterocycles. The largest absolute Gasteiger partial charge is 0.477 e. The van der Waals surface area contributed by atoms with Crippen LogP contribution in [0.15, 0.2) is 35.9 Å². The summed E-state index contributed by atoms with van der Waals surface area (Å²) >= 11 is 5.83. The highest BCUT2D eigenvalue weighted by Crippen LogP contribution is 2.20. The Bertz CT molecular complexity index is 612. The molecule has 1 aliphatic rings. The van der Waals surface area contributed by atoms with Crippen LogP contribution in [0.4, 0.5) is 4.39 Å². The zero-order valence-electron chi connectivity index (χ0n) is 12.4. The molecule has 0 atom stereocenters. The Morgan fingerprint density at radius 3 is 2.73 bits per heavy atom. The normalized spacial score (nSPS) is 17.9. The van der Waals surface area contributed by atoms with Gasteiger partial charge in [0.2, 0.25) is 5.88 Å². The van der Waals surface area contributed by atoms with E-state index in [0.29, 0.717) is 17.5 Å². The lowest BCUT2D eigenvalue weighted by Crippen LogP contribution is -2.46. The first-order chi connectivity index (χ1) is 10.4. The van der Waals surface area contributed by atoms with Crippen molar-refractivity contribution in [2.24, 2.45) is 23.1 Å². The van der Waals surface area contributed by atoms with Crippen LogP contribution in [-0.2, 0) is 4.74 Å². The van der Waals surface area contributed by atoms with E-state index in [1.807, 2.05) is 7.05 Å². The molecule has 0 spiro atoms. The molecule has 1 aliphatic heterocycles. The third-order valence-corrected chi connectivity index (χ3v) is 3.68. The summed E-state index contributed by atoms with van der Waals surface area (Å²) in [5.74, 6) is 0.0472. The van der Waals surface area contributed by atoms with Gasteiger partial charge in [-0.3, -0.25) is 0 Å². The van der Waals surface area contributed by atoms with Gasteiger partial charge in [-0.05, 0) is 31.3 Å². The summed E-state index contributed by atoms with van der Waals surface area (Å²) in [6, 6.07) is 4.11. The summed E-state index contributed by atoms with van der Waals surface area (Å²) < 4.78 is 19.1. The number of allylic oxidation sites excluding steroid dienone is 1. The Balaban J connectivity index is 2.05. The summed E-state index contributed by atoms with van der Waals surface area (Å²) in [4.78, 5) is 2.18. The van der Waals surface area contributed by atoms with Crippen molar-refractivity contribution in [1.82, 2.24) is 4.90 Å². The topological polar surface area (TPSA) is 90.5 Å². The fraction of sp³-hybridized carbons (Fsp3) is 0.333. The second kappa shape index (κ2) is 6.89. The van der Waals surface area contributed by atoms with Gasteiger partial charge in [0.05, 0.1) is 12.3 Å². The molecule has 0 unspecified atom stereocenters. The molecule has 0 bridgehead atoms. The lowest BCUT2D eigenvalue weighted by molar-refractivity contribution is 0.0557. The first-order valence-corrected chi connectivity index (χ1v) is 7.23. The Hall–Kier alpha value is -1.92. The molecule has 6 N–H and O–H groups in total. The van der Waals surface area contributed by atoms with E-state index in [2.05, 4.69) is 4.90 Å². The van der Waals surface area contributed by atoms with Gasteiger partial charge in [0, 0.05) is 35.3 Å². The average molecular weight is 327 g/mol. The van der Waals surface area contributed by atoms with Crippen molar-refractivity contribution < 1.29 is 9.13 Å². The van der Waals surface area contributed by atoms with Crippen molar-refractivity contribution in [3.8, 4) is 0 Å². The maximum absolute atomic E-state index is 13.7. The first-order valence-electron chi connectivity index (χ1n) is 6.86. The molecule has 2 rings (SSSR count). The number of hydrogen-bond donors (Lipinski definition) is 3. The lowest BCUT2D eigenvalue weighted by atomic mass is 10.0. The van der Waals surface area contributed by atoms with Gasteiger partial charge in [-0.2, -0.15) is 0 Å². The van der Waals surface area contributed by atoms with Crippen molar-refractivity contribution in [1.29, 1.82) is 0 Å². The van der Waals surface area contributed by atoms with Gasteiger partial charge in [0.1, 0.15) is 5.82 Å². The quantitative estimate of drug-likeness (QED) is 0.562. The van der Waals surface area contributed by atoms with Crippen molar-refractivity contribution in [3.05, 3.63) is 52.3 Å². The molecule has 1 aromatic rings. The molecule has 1 fully saturated rings. The Morgan fingerprint density at radius 1 is 1.41 bits per heavy atom. The van der Waals surface area contributed by atoms with E-state index >= 15 is 0 Å². The molecule has 120 valence electrons. The van der Waals surface area contributed by atoms with Crippen molar-refractivity contribution in [2.45, 2.75) is 0 Å². The number of hydrogen-bond acceptors (Lipinski definition) is 5. The molecule has 0 aromatic heterocycles. The molecule has 22 heavy (non-hydrogen) atoms. The summed E-state index contributed by atoms with van der Waals surface area (Å²) in [5, 5.41) is 0.383. The highest BCUT2D eigenvalue weighted by molar-refractivity contribution is 6.30. The minimum Gasteiger partial charge on any atom is -0.477 e. The zero-order chi connectivity index (χ0) is 16.3. The second-order valence-corrected chi connectivity index (χ2v) is 5.88. The summed E-state index contributed by atoms with van der Waals surface area (Å²) in [7, 11) is 2.03. The molecule has 7 heteroatoms. The lowest BCUT2D eigenvalue weighted by Gasteiger charge is -2.35. The Morgan fingerprint density at radius 2 is 2.09 bits per heavy atom. The van der Waals surface area contributed by atoms with Crippen molar-refractivity contribution in [2.75, 3.05) is 26.7 Å². The maximum Gasteiger partial charge on any atom is 0.208 e. The molecular formula is C15H20ClFN4O. The molecule has 1 heterocycles. The molecule has 5 nitrogen and oxygen atoms in total.